The molecule has 6 nitrogen and oxygen atoms in total. The molecule has 0 radical (unpaired) electrons. The zero-order chi connectivity index (χ0) is 21.5. The van der Waals surface area contributed by atoms with Crippen LogP contribution in [0, 0.1) is 0 Å². The first-order valence-corrected chi connectivity index (χ1v) is 11.3. The first-order valence-electron chi connectivity index (χ1n) is 9.11. The Kier molecular flexibility index (Phi) is 7.95. The average molecular weight is 508 g/mol. The molecule has 0 spiro atoms. The third kappa shape index (κ3) is 5.87. The molecular weight excluding hydrogens is 488 g/mol. The fourth-order valence-corrected chi connectivity index (χ4v) is 4.15. The topological polar surface area (TPSA) is 69.0 Å². The number of aromatic nitrogens is 3. The van der Waals surface area contributed by atoms with Crippen LogP contribution >= 0.6 is 39.3 Å². The SMILES string of the molecule is C=CCn1c(SCC(=O)Nc2ccc(Br)cc2Cl)nnc1C(C)Oc1ccccc1. The third-order valence-electron chi connectivity index (χ3n) is 4.01. The molecule has 1 heterocycles. The number of ether oxygens (including phenoxy) is 1. The molecule has 1 amide bonds. The van der Waals surface area contributed by atoms with Crippen molar-refractivity contribution >= 4 is 50.9 Å². The minimum Gasteiger partial charge on any atom is -0.483 e. The van der Waals surface area contributed by atoms with E-state index in [2.05, 4.69) is 38.0 Å². The number of para-hydroxylation sites is 1. The van der Waals surface area contributed by atoms with Gasteiger partial charge in [0, 0.05) is 11.0 Å². The van der Waals surface area contributed by atoms with E-state index in [1.807, 2.05) is 47.9 Å². The molecule has 156 valence electrons. The van der Waals surface area contributed by atoms with Gasteiger partial charge in [0.05, 0.1) is 16.5 Å². The van der Waals surface area contributed by atoms with Gasteiger partial charge in [-0.2, -0.15) is 0 Å². The first-order chi connectivity index (χ1) is 14.5. The predicted octanol–water partition coefficient (Wildman–Crippen LogP) is 5.75. The van der Waals surface area contributed by atoms with Crippen LogP contribution in [0.25, 0.3) is 0 Å². The van der Waals surface area contributed by atoms with Crippen molar-refractivity contribution in [2.75, 3.05) is 11.1 Å². The summed E-state index contributed by atoms with van der Waals surface area (Å²) in [5, 5.41) is 12.4. The smallest absolute Gasteiger partial charge is 0.234 e. The van der Waals surface area contributed by atoms with Gasteiger partial charge in [-0.3, -0.25) is 9.36 Å². The molecule has 1 unspecified atom stereocenters. The molecule has 0 aliphatic heterocycles. The Morgan fingerprint density at radius 2 is 2.10 bits per heavy atom. The Balaban J connectivity index is 1.67. The highest BCUT2D eigenvalue weighted by Gasteiger charge is 2.20. The summed E-state index contributed by atoms with van der Waals surface area (Å²) in [7, 11) is 0. The minimum atomic E-state index is -0.315. The van der Waals surface area contributed by atoms with E-state index >= 15 is 0 Å². The number of thioether (sulfide) groups is 1. The van der Waals surface area contributed by atoms with Crippen LogP contribution < -0.4 is 10.1 Å². The highest BCUT2D eigenvalue weighted by Crippen LogP contribution is 2.27. The molecule has 2 aromatic carbocycles. The third-order valence-corrected chi connectivity index (χ3v) is 5.79. The van der Waals surface area contributed by atoms with Crippen molar-refractivity contribution in [2.24, 2.45) is 0 Å². The number of amides is 1. The molecule has 0 saturated carbocycles. The second-order valence-electron chi connectivity index (χ2n) is 6.27. The molecule has 1 N–H and O–H groups in total. The molecule has 3 rings (SSSR count). The van der Waals surface area contributed by atoms with Gasteiger partial charge in [-0.15, -0.1) is 16.8 Å². The number of hydrogen-bond donors (Lipinski definition) is 1. The van der Waals surface area contributed by atoms with Gasteiger partial charge >= 0.3 is 0 Å². The van der Waals surface area contributed by atoms with E-state index < -0.39 is 0 Å². The Morgan fingerprint density at radius 1 is 1.33 bits per heavy atom. The van der Waals surface area contributed by atoms with E-state index in [1.165, 1.54) is 11.8 Å². The van der Waals surface area contributed by atoms with E-state index in [0.717, 1.165) is 10.2 Å². The molecule has 30 heavy (non-hydrogen) atoms. The van der Waals surface area contributed by atoms with Gasteiger partial charge in [-0.1, -0.05) is 63.6 Å². The first kappa shape index (κ1) is 22.4. The van der Waals surface area contributed by atoms with Crippen LogP contribution in [0.15, 0.2) is 70.8 Å². The van der Waals surface area contributed by atoms with Crippen molar-refractivity contribution in [2.45, 2.75) is 24.7 Å². The van der Waals surface area contributed by atoms with E-state index in [4.69, 9.17) is 16.3 Å². The number of benzene rings is 2. The lowest BCUT2D eigenvalue weighted by Gasteiger charge is -2.15. The average Bonchev–Trinajstić information content (AvgIpc) is 3.12. The Bertz CT molecular complexity index is 1030. The summed E-state index contributed by atoms with van der Waals surface area (Å²) < 4.78 is 8.70. The summed E-state index contributed by atoms with van der Waals surface area (Å²) in [5.41, 5.74) is 0.559. The van der Waals surface area contributed by atoms with Crippen LogP contribution in [0.2, 0.25) is 5.02 Å². The highest BCUT2D eigenvalue weighted by atomic mass is 79.9. The van der Waals surface area contributed by atoms with Gasteiger partial charge in [-0.25, -0.2) is 0 Å². The Labute approximate surface area is 192 Å². The summed E-state index contributed by atoms with van der Waals surface area (Å²) in [6.07, 6.45) is 1.44. The lowest BCUT2D eigenvalue weighted by atomic mass is 10.3. The molecule has 0 saturated heterocycles. The molecule has 0 bridgehead atoms. The number of allylic oxidation sites excluding steroid dienone is 1. The molecule has 9 heteroatoms. The standard InChI is InChI=1S/C21H20BrClN4O2S/c1-3-11-27-20(14(2)29-16-7-5-4-6-8-16)25-26-21(27)30-13-19(28)24-18-10-9-15(22)12-17(18)23/h3-10,12,14H,1,11,13H2,2H3,(H,24,28). The van der Waals surface area contributed by atoms with Crippen LogP contribution in [0.4, 0.5) is 5.69 Å². The quantitative estimate of drug-likeness (QED) is 0.295. The normalized spacial score (nSPS) is 11.7. The Hall–Kier alpha value is -2.29. The number of rotatable bonds is 9. The van der Waals surface area contributed by atoms with Crippen LogP contribution in [-0.4, -0.2) is 26.4 Å². The van der Waals surface area contributed by atoms with Crippen molar-refractivity contribution in [3.05, 3.63) is 76.5 Å². The number of halogens is 2. The van der Waals surface area contributed by atoms with Crippen LogP contribution in [0.3, 0.4) is 0 Å². The van der Waals surface area contributed by atoms with Gasteiger partial charge in [0.25, 0.3) is 0 Å². The van der Waals surface area contributed by atoms with Gasteiger partial charge in [-0.05, 0) is 37.3 Å². The zero-order valence-electron chi connectivity index (χ0n) is 16.2. The zero-order valence-corrected chi connectivity index (χ0v) is 19.4. The molecule has 1 aromatic heterocycles. The van der Waals surface area contributed by atoms with E-state index in [9.17, 15) is 4.79 Å². The van der Waals surface area contributed by atoms with Crippen molar-refractivity contribution in [3.63, 3.8) is 0 Å². The van der Waals surface area contributed by atoms with Gasteiger partial charge < -0.3 is 10.1 Å². The fourth-order valence-electron chi connectivity index (χ4n) is 2.67. The number of nitrogens with one attached hydrogen (secondary N) is 1. The summed E-state index contributed by atoms with van der Waals surface area (Å²) in [4.78, 5) is 12.4. The fraction of sp³-hybridized carbons (Fsp3) is 0.190. The lowest BCUT2D eigenvalue weighted by Crippen LogP contribution is -2.15. The summed E-state index contributed by atoms with van der Waals surface area (Å²) >= 11 is 10.8. The van der Waals surface area contributed by atoms with Gasteiger partial charge in [0.1, 0.15) is 5.75 Å². The largest absolute Gasteiger partial charge is 0.483 e. The van der Waals surface area contributed by atoms with Gasteiger partial charge in [0.2, 0.25) is 5.91 Å². The second kappa shape index (κ2) is 10.7. The van der Waals surface area contributed by atoms with Crippen LogP contribution in [0.5, 0.6) is 5.75 Å². The maximum atomic E-state index is 12.4. The van der Waals surface area contributed by atoms with Crippen LogP contribution in [0.1, 0.15) is 18.9 Å². The number of anilines is 1. The van der Waals surface area contributed by atoms with Crippen LogP contribution in [-0.2, 0) is 11.3 Å². The molecule has 1 atom stereocenters. The second-order valence-corrected chi connectivity index (χ2v) is 8.54. The molecule has 3 aromatic rings. The van der Waals surface area contributed by atoms with E-state index in [0.29, 0.717) is 28.2 Å². The van der Waals surface area contributed by atoms with E-state index in [-0.39, 0.29) is 17.8 Å². The number of nitrogens with zero attached hydrogens (tertiary/aromatic N) is 3. The monoisotopic (exact) mass is 506 g/mol. The predicted molar refractivity (Wildman–Crippen MR) is 124 cm³/mol. The number of hydrogen-bond acceptors (Lipinski definition) is 5. The summed E-state index contributed by atoms with van der Waals surface area (Å²) in [6, 6.07) is 14.8. The van der Waals surface area contributed by atoms with Gasteiger partial charge in [0.15, 0.2) is 17.1 Å². The molecule has 0 aliphatic carbocycles. The molecular formula is C21H20BrClN4O2S. The van der Waals surface area contributed by atoms with Crippen molar-refractivity contribution in [1.29, 1.82) is 0 Å². The molecule has 0 aliphatic rings. The van der Waals surface area contributed by atoms with Crippen molar-refractivity contribution in [3.8, 4) is 5.75 Å². The maximum absolute atomic E-state index is 12.4. The summed E-state index contributed by atoms with van der Waals surface area (Å²) in [5.74, 6) is 1.39. The van der Waals surface area contributed by atoms with E-state index in [1.54, 1.807) is 18.2 Å². The molecule has 0 fully saturated rings. The number of carbonyl (C=O) groups excluding carboxylic acids is 1. The lowest BCUT2D eigenvalue weighted by molar-refractivity contribution is -0.113. The van der Waals surface area contributed by atoms with Crippen molar-refractivity contribution in [1.82, 2.24) is 14.8 Å². The minimum absolute atomic E-state index is 0.162. The summed E-state index contributed by atoms with van der Waals surface area (Å²) in [6.45, 7) is 6.22. The highest BCUT2D eigenvalue weighted by molar-refractivity contribution is 9.10. The maximum Gasteiger partial charge on any atom is 0.234 e. The Morgan fingerprint density at radius 3 is 2.80 bits per heavy atom. The van der Waals surface area contributed by atoms with Crippen molar-refractivity contribution < 1.29 is 9.53 Å². The number of carbonyl (C=O) groups is 1.